The summed E-state index contributed by atoms with van der Waals surface area (Å²) in [7, 11) is 0. The summed E-state index contributed by atoms with van der Waals surface area (Å²) in [6.07, 6.45) is 0.268. The van der Waals surface area contributed by atoms with E-state index in [-0.39, 0.29) is 30.3 Å². The lowest BCUT2D eigenvalue weighted by molar-refractivity contribution is -0.139. The number of carbonyl (C=O) groups excluding carboxylic acids is 2. The number of nitrogens with zero attached hydrogens (tertiary/aromatic N) is 1. The standard InChI is InChI=1S/C14H18N2O2/c1-10(2)15-12-8-13(17)16(14(12)18)9-11-6-4-3-5-7-11/h3-7,10,12,15H,8-9H2,1-2H3/t12-/m1/s1. The number of nitrogens with one attached hydrogen (secondary N) is 1. The summed E-state index contributed by atoms with van der Waals surface area (Å²) in [6.45, 7) is 4.31. The molecule has 1 saturated heterocycles. The van der Waals surface area contributed by atoms with Gasteiger partial charge in [-0.3, -0.25) is 14.5 Å². The molecule has 1 aliphatic rings. The van der Waals surface area contributed by atoms with E-state index in [4.69, 9.17) is 0 Å². The van der Waals surface area contributed by atoms with Crippen LogP contribution in [0.1, 0.15) is 25.8 Å². The van der Waals surface area contributed by atoms with Gasteiger partial charge in [0.25, 0.3) is 0 Å². The van der Waals surface area contributed by atoms with Crippen molar-refractivity contribution in [1.29, 1.82) is 0 Å². The van der Waals surface area contributed by atoms with E-state index in [1.807, 2.05) is 44.2 Å². The van der Waals surface area contributed by atoms with Crippen molar-refractivity contribution in [2.45, 2.75) is 38.9 Å². The second kappa shape index (κ2) is 5.31. The van der Waals surface area contributed by atoms with Crippen molar-refractivity contribution in [1.82, 2.24) is 10.2 Å². The maximum atomic E-state index is 12.1. The van der Waals surface area contributed by atoms with Crippen LogP contribution < -0.4 is 5.32 Å². The molecule has 2 rings (SSSR count). The van der Waals surface area contributed by atoms with Gasteiger partial charge in [0, 0.05) is 6.04 Å². The Bertz CT molecular complexity index is 442. The maximum Gasteiger partial charge on any atom is 0.247 e. The van der Waals surface area contributed by atoms with Crippen LogP contribution in [0.4, 0.5) is 0 Å². The highest BCUT2D eigenvalue weighted by Gasteiger charge is 2.38. The molecule has 0 spiro atoms. The Balaban J connectivity index is 2.06. The van der Waals surface area contributed by atoms with Crippen LogP contribution in [0.2, 0.25) is 0 Å². The number of likely N-dealkylation sites (tertiary alicyclic amines) is 1. The molecule has 1 N–H and O–H groups in total. The summed E-state index contributed by atoms with van der Waals surface area (Å²) in [5.74, 6) is -0.209. The van der Waals surface area contributed by atoms with E-state index in [0.717, 1.165) is 5.56 Å². The number of amides is 2. The Morgan fingerprint density at radius 2 is 1.94 bits per heavy atom. The van der Waals surface area contributed by atoms with E-state index in [9.17, 15) is 9.59 Å². The second-order valence-corrected chi connectivity index (χ2v) is 4.88. The van der Waals surface area contributed by atoms with Crippen molar-refractivity contribution in [2.75, 3.05) is 0 Å². The van der Waals surface area contributed by atoms with E-state index < -0.39 is 0 Å². The van der Waals surface area contributed by atoms with Gasteiger partial charge in [0.2, 0.25) is 11.8 Å². The van der Waals surface area contributed by atoms with Crippen LogP contribution in [-0.4, -0.2) is 28.8 Å². The van der Waals surface area contributed by atoms with Crippen LogP contribution in [0.3, 0.4) is 0 Å². The number of carbonyl (C=O) groups is 2. The van der Waals surface area contributed by atoms with Crippen molar-refractivity contribution in [3.63, 3.8) is 0 Å². The normalized spacial score (nSPS) is 19.9. The van der Waals surface area contributed by atoms with Crippen molar-refractivity contribution >= 4 is 11.8 Å². The maximum absolute atomic E-state index is 12.1. The minimum atomic E-state index is -0.360. The van der Waals surface area contributed by atoms with Crippen LogP contribution in [0.5, 0.6) is 0 Å². The smallest absolute Gasteiger partial charge is 0.247 e. The monoisotopic (exact) mass is 246 g/mol. The van der Waals surface area contributed by atoms with Crippen molar-refractivity contribution < 1.29 is 9.59 Å². The lowest BCUT2D eigenvalue weighted by Crippen LogP contribution is -2.41. The highest BCUT2D eigenvalue weighted by Crippen LogP contribution is 2.17. The highest BCUT2D eigenvalue weighted by molar-refractivity contribution is 6.05. The predicted molar refractivity (Wildman–Crippen MR) is 68.7 cm³/mol. The lowest BCUT2D eigenvalue weighted by atomic mass is 10.2. The molecule has 0 aliphatic carbocycles. The van der Waals surface area contributed by atoms with Gasteiger partial charge in [-0.1, -0.05) is 44.2 Å². The van der Waals surface area contributed by atoms with Gasteiger partial charge in [0.1, 0.15) is 0 Å². The Kier molecular flexibility index (Phi) is 3.77. The first-order valence-corrected chi connectivity index (χ1v) is 6.22. The molecule has 1 aromatic rings. The summed E-state index contributed by atoms with van der Waals surface area (Å²) in [5.41, 5.74) is 0.976. The summed E-state index contributed by atoms with van der Waals surface area (Å²) in [5, 5.41) is 3.13. The average molecular weight is 246 g/mol. The topological polar surface area (TPSA) is 49.4 Å². The first-order chi connectivity index (χ1) is 8.58. The molecule has 0 unspecified atom stereocenters. The van der Waals surface area contributed by atoms with Crippen LogP contribution in [-0.2, 0) is 16.1 Å². The second-order valence-electron chi connectivity index (χ2n) is 4.88. The fraction of sp³-hybridized carbons (Fsp3) is 0.429. The quantitative estimate of drug-likeness (QED) is 0.815. The van der Waals surface area contributed by atoms with E-state index in [2.05, 4.69) is 5.32 Å². The predicted octanol–water partition coefficient (Wildman–Crippen LogP) is 1.31. The summed E-state index contributed by atoms with van der Waals surface area (Å²) >= 11 is 0. The molecule has 1 aliphatic heterocycles. The van der Waals surface area contributed by atoms with Crippen LogP contribution in [0.25, 0.3) is 0 Å². The molecule has 0 aromatic heterocycles. The molecule has 1 aromatic carbocycles. The summed E-state index contributed by atoms with van der Waals surface area (Å²) < 4.78 is 0. The van der Waals surface area contributed by atoms with Gasteiger partial charge in [0.05, 0.1) is 19.0 Å². The van der Waals surface area contributed by atoms with Gasteiger partial charge >= 0.3 is 0 Å². The Labute approximate surface area is 107 Å². The molecule has 1 heterocycles. The van der Waals surface area contributed by atoms with Crippen LogP contribution >= 0.6 is 0 Å². The zero-order chi connectivity index (χ0) is 13.1. The van der Waals surface area contributed by atoms with E-state index in [1.165, 1.54) is 4.90 Å². The molecule has 1 fully saturated rings. The average Bonchev–Trinajstić information content (AvgIpc) is 2.58. The molecular formula is C14H18N2O2. The molecule has 2 amide bonds. The Hall–Kier alpha value is -1.68. The van der Waals surface area contributed by atoms with Gasteiger partial charge < -0.3 is 5.32 Å². The van der Waals surface area contributed by atoms with Gasteiger partial charge in [-0.25, -0.2) is 0 Å². The van der Waals surface area contributed by atoms with Crippen LogP contribution in [0.15, 0.2) is 30.3 Å². The third-order valence-electron chi connectivity index (χ3n) is 2.96. The minimum absolute atomic E-state index is 0.0954. The number of rotatable bonds is 4. The zero-order valence-electron chi connectivity index (χ0n) is 10.7. The lowest BCUT2D eigenvalue weighted by Gasteiger charge is -2.16. The van der Waals surface area contributed by atoms with Gasteiger partial charge in [-0.05, 0) is 5.56 Å². The van der Waals surface area contributed by atoms with Crippen molar-refractivity contribution in [3.8, 4) is 0 Å². The summed E-state index contributed by atoms with van der Waals surface area (Å²) in [4.78, 5) is 25.3. The molecule has 4 heteroatoms. The van der Waals surface area contributed by atoms with Gasteiger partial charge in [-0.15, -0.1) is 0 Å². The molecule has 96 valence electrons. The number of hydrogen-bond donors (Lipinski definition) is 1. The summed E-state index contributed by atoms with van der Waals surface area (Å²) in [6, 6.07) is 9.41. The molecule has 1 atom stereocenters. The van der Waals surface area contributed by atoms with Gasteiger partial charge in [-0.2, -0.15) is 0 Å². The SMILES string of the molecule is CC(C)N[C@@H]1CC(=O)N(Cc2ccccc2)C1=O. The van der Waals surface area contributed by atoms with E-state index in [1.54, 1.807) is 0 Å². The molecule has 0 bridgehead atoms. The Morgan fingerprint density at radius 1 is 1.28 bits per heavy atom. The number of hydrogen-bond acceptors (Lipinski definition) is 3. The Morgan fingerprint density at radius 3 is 2.56 bits per heavy atom. The molecule has 0 saturated carbocycles. The third kappa shape index (κ3) is 2.76. The fourth-order valence-electron chi connectivity index (χ4n) is 2.15. The van der Waals surface area contributed by atoms with Gasteiger partial charge in [0.15, 0.2) is 0 Å². The van der Waals surface area contributed by atoms with E-state index in [0.29, 0.717) is 6.54 Å². The van der Waals surface area contributed by atoms with Crippen molar-refractivity contribution in [3.05, 3.63) is 35.9 Å². The fourth-order valence-corrected chi connectivity index (χ4v) is 2.15. The first kappa shape index (κ1) is 12.8. The molecular weight excluding hydrogens is 228 g/mol. The van der Waals surface area contributed by atoms with Crippen molar-refractivity contribution in [2.24, 2.45) is 0 Å². The molecule has 18 heavy (non-hydrogen) atoms. The first-order valence-electron chi connectivity index (χ1n) is 6.22. The van der Waals surface area contributed by atoms with Crippen LogP contribution in [0, 0.1) is 0 Å². The zero-order valence-corrected chi connectivity index (χ0v) is 10.7. The van der Waals surface area contributed by atoms with E-state index >= 15 is 0 Å². The number of imide groups is 1. The molecule has 0 radical (unpaired) electrons. The minimum Gasteiger partial charge on any atom is -0.303 e. The number of benzene rings is 1. The third-order valence-corrected chi connectivity index (χ3v) is 2.96. The highest BCUT2D eigenvalue weighted by atomic mass is 16.2. The largest absolute Gasteiger partial charge is 0.303 e. The molecule has 4 nitrogen and oxygen atoms in total.